The molecule has 0 radical (unpaired) electrons. The fourth-order valence-electron chi connectivity index (χ4n) is 1.46. The van der Waals surface area contributed by atoms with Crippen LogP contribution in [0.3, 0.4) is 0 Å². The third-order valence-electron chi connectivity index (χ3n) is 2.56. The summed E-state index contributed by atoms with van der Waals surface area (Å²) in [6.45, 7) is 0.210. The highest BCUT2D eigenvalue weighted by Crippen LogP contribution is 2.02. The molecule has 0 unspecified atom stereocenters. The lowest BCUT2D eigenvalue weighted by atomic mass is 10.1. The van der Waals surface area contributed by atoms with E-state index in [1.165, 1.54) is 0 Å². The Morgan fingerprint density at radius 2 is 1.89 bits per heavy atom. The van der Waals surface area contributed by atoms with Crippen LogP contribution in [0.1, 0.15) is 12.8 Å². The molecule has 8 nitrogen and oxygen atoms in total. The van der Waals surface area contributed by atoms with E-state index in [0.717, 1.165) is 17.1 Å². The largest absolute Gasteiger partial charge is 0.480 e. The topological polar surface area (TPSA) is 130 Å². The third kappa shape index (κ3) is 4.51. The number of hydrogen-bond acceptors (Lipinski definition) is 5. The normalized spacial score (nSPS) is 15.7. The molecule has 1 aliphatic heterocycles. The number of nitrogens with two attached hydrogens (primary N) is 1. The maximum Gasteiger partial charge on any atom is 0.320 e. The number of amides is 3. The van der Waals surface area contributed by atoms with Gasteiger partial charge >= 0.3 is 5.97 Å². The van der Waals surface area contributed by atoms with E-state index in [-0.39, 0.29) is 31.8 Å². The Kier molecular flexibility index (Phi) is 5.19. The number of carbonyl (C=O) groups is 4. The summed E-state index contributed by atoms with van der Waals surface area (Å²) >= 11 is 0. The van der Waals surface area contributed by atoms with Crippen LogP contribution >= 0.6 is 0 Å². The predicted octanol–water partition coefficient (Wildman–Crippen LogP) is -1.78. The van der Waals surface area contributed by atoms with Gasteiger partial charge in [0, 0.05) is 31.7 Å². The summed E-state index contributed by atoms with van der Waals surface area (Å²) in [4.78, 5) is 45.1. The second kappa shape index (κ2) is 6.64. The summed E-state index contributed by atoms with van der Waals surface area (Å²) in [6, 6.07) is -1.07. The molecule has 3 amide bonds. The summed E-state index contributed by atoms with van der Waals surface area (Å²) in [5, 5.41) is 11.0. The highest BCUT2D eigenvalue weighted by molar-refractivity contribution is 6.12. The molecule has 0 saturated carbocycles. The highest BCUT2D eigenvalue weighted by Gasteiger charge is 2.22. The van der Waals surface area contributed by atoms with Crippen LogP contribution in [-0.4, -0.2) is 52.8 Å². The number of carbonyl (C=O) groups excluding carboxylic acids is 3. The average molecular weight is 269 g/mol. The zero-order chi connectivity index (χ0) is 14.4. The Morgan fingerprint density at radius 3 is 2.42 bits per heavy atom. The second-order valence-corrected chi connectivity index (χ2v) is 3.99. The van der Waals surface area contributed by atoms with Gasteiger partial charge in [-0.05, 0) is 6.42 Å². The Morgan fingerprint density at radius 1 is 1.32 bits per heavy atom. The van der Waals surface area contributed by atoms with E-state index in [4.69, 9.17) is 10.8 Å². The molecule has 0 aromatic heterocycles. The fourth-order valence-corrected chi connectivity index (χ4v) is 1.46. The standard InChI is InChI=1S/C11H15N3O5/c12-7(11(18)19)1-2-8(15)13-5-6-14-9(16)3-4-10(14)17/h3-4,7H,1-2,5-6,12H2,(H,13,15)(H,18,19)/t7-/m1/s1. The Labute approximate surface area is 109 Å². The molecule has 1 aliphatic rings. The van der Waals surface area contributed by atoms with E-state index in [0.29, 0.717) is 0 Å². The molecule has 0 saturated heterocycles. The number of nitrogens with zero attached hydrogens (tertiary/aromatic N) is 1. The van der Waals surface area contributed by atoms with E-state index in [2.05, 4.69) is 5.32 Å². The van der Waals surface area contributed by atoms with E-state index in [1.807, 2.05) is 0 Å². The average Bonchev–Trinajstić information content (AvgIpc) is 2.67. The van der Waals surface area contributed by atoms with E-state index >= 15 is 0 Å². The van der Waals surface area contributed by atoms with Crippen LogP contribution in [0.4, 0.5) is 0 Å². The summed E-state index contributed by atoms with van der Waals surface area (Å²) in [7, 11) is 0. The molecule has 0 aromatic rings. The SMILES string of the molecule is N[C@H](CCC(=O)NCCN1C(=O)C=CC1=O)C(=O)O. The van der Waals surface area contributed by atoms with E-state index < -0.39 is 23.8 Å². The first-order chi connectivity index (χ1) is 8.91. The van der Waals surface area contributed by atoms with Gasteiger partial charge < -0.3 is 16.2 Å². The number of carboxylic acids is 1. The van der Waals surface area contributed by atoms with Crippen molar-refractivity contribution in [2.24, 2.45) is 5.73 Å². The molecule has 1 heterocycles. The van der Waals surface area contributed by atoms with Gasteiger partial charge in [-0.2, -0.15) is 0 Å². The maximum absolute atomic E-state index is 11.3. The number of aliphatic carboxylic acids is 1. The Bertz CT molecular complexity index is 414. The van der Waals surface area contributed by atoms with Crippen molar-refractivity contribution in [3.63, 3.8) is 0 Å². The maximum atomic E-state index is 11.3. The fraction of sp³-hybridized carbons (Fsp3) is 0.455. The number of hydrogen-bond donors (Lipinski definition) is 3. The second-order valence-electron chi connectivity index (χ2n) is 3.99. The van der Waals surface area contributed by atoms with E-state index in [9.17, 15) is 19.2 Å². The highest BCUT2D eigenvalue weighted by atomic mass is 16.4. The summed E-state index contributed by atoms with van der Waals surface area (Å²) < 4.78 is 0. The van der Waals surface area contributed by atoms with Gasteiger partial charge in [-0.1, -0.05) is 0 Å². The van der Waals surface area contributed by atoms with Crippen LogP contribution in [0.15, 0.2) is 12.2 Å². The van der Waals surface area contributed by atoms with Crippen molar-refractivity contribution in [1.29, 1.82) is 0 Å². The van der Waals surface area contributed by atoms with Crippen LogP contribution in [0.2, 0.25) is 0 Å². The zero-order valence-electron chi connectivity index (χ0n) is 10.2. The van der Waals surface area contributed by atoms with Crippen molar-refractivity contribution >= 4 is 23.7 Å². The first-order valence-corrected chi connectivity index (χ1v) is 5.70. The van der Waals surface area contributed by atoms with Gasteiger partial charge in [0.2, 0.25) is 5.91 Å². The molecule has 1 rings (SSSR count). The van der Waals surface area contributed by atoms with Crippen molar-refractivity contribution in [3.8, 4) is 0 Å². The van der Waals surface area contributed by atoms with Crippen molar-refractivity contribution < 1.29 is 24.3 Å². The minimum absolute atomic E-state index is 0.0202. The molecule has 104 valence electrons. The van der Waals surface area contributed by atoms with Crippen molar-refractivity contribution in [3.05, 3.63) is 12.2 Å². The molecule has 4 N–H and O–H groups in total. The van der Waals surface area contributed by atoms with Gasteiger partial charge in [0.05, 0.1) is 0 Å². The van der Waals surface area contributed by atoms with Gasteiger partial charge in [0.15, 0.2) is 0 Å². The number of rotatable bonds is 7. The van der Waals surface area contributed by atoms with Crippen LogP contribution in [-0.2, 0) is 19.2 Å². The molecule has 19 heavy (non-hydrogen) atoms. The zero-order valence-corrected chi connectivity index (χ0v) is 10.2. The molecule has 0 spiro atoms. The predicted molar refractivity (Wildman–Crippen MR) is 63.7 cm³/mol. The minimum Gasteiger partial charge on any atom is -0.480 e. The molecule has 0 fully saturated rings. The molecule has 1 atom stereocenters. The Balaban J connectivity index is 2.19. The minimum atomic E-state index is -1.16. The van der Waals surface area contributed by atoms with Crippen LogP contribution in [0.25, 0.3) is 0 Å². The number of carboxylic acid groups (broad SMARTS) is 1. The molecule has 0 bridgehead atoms. The first-order valence-electron chi connectivity index (χ1n) is 5.70. The van der Waals surface area contributed by atoms with Crippen molar-refractivity contribution in [2.75, 3.05) is 13.1 Å². The smallest absolute Gasteiger partial charge is 0.320 e. The lowest BCUT2D eigenvalue weighted by Gasteiger charge is -2.14. The third-order valence-corrected chi connectivity index (χ3v) is 2.56. The molecular formula is C11H15N3O5. The molecule has 0 aliphatic carbocycles. The summed E-state index contributed by atoms with van der Waals surface area (Å²) in [6.07, 6.45) is 2.34. The van der Waals surface area contributed by atoms with Gasteiger partial charge in [0.1, 0.15) is 6.04 Å². The first kappa shape index (κ1) is 14.8. The van der Waals surface area contributed by atoms with Crippen LogP contribution < -0.4 is 11.1 Å². The summed E-state index contributed by atoms with van der Waals surface area (Å²) in [5.74, 6) is -2.35. The van der Waals surface area contributed by atoms with Gasteiger partial charge in [-0.25, -0.2) is 0 Å². The monoisotopic (exact) mass is 269 g/mol. The number of imide groups is 1. The lowest BCUT2D eigenvalue weighted by Crippen LogP contribution is -2.39. The van der Waals surface area contributed by atoms with Crippen molar-refractivity contribution in [1.82, 2.24) is 10.2 Å². The molecule has 0 aromatic carbocycles. The van der Waals surface area contributed by atoms with Gasteiger partial charge in [-0.3, -0.25) is 24.1 Å². The molecule has 8 heteroatoms. The van der Waals surface area contributed by atoms with Crippen LogP contribution in [0, 0.1) is 0 Å². The summed E-state index contributed by atoms with van der Waals surface area (Å²) in [5.41, 5.74) is 5.24. The number of nitrogens with one attached hydrogen (secondary N) is 1. The van der Waals surface area contributed by atoms with E-state index in [1.54, 1.807) is 0 Å². The Hall–Kier alpha value is -2.22. The molecular weight excluding hydrogens is 254 g/mol. The van der Waals surface area contributed by atoms with Gasteiger partial charge in [0.25, 0.3) is 11.8 Å². The quantitative estimate of drug-likeness (QED) is 0.468. The lowest BCUT2D eigenvalue weighted by molar-refractivity contribution is -0.139. The van der Waals surface area contributed by atoms with Crippen LogP contribution in [0.5, 0.6) is 0 Å². The van der Waals surface area contributed by atoms with Gasteiger partial charge in [-0.15, -0.1) is 0 Å². The van der Waals surface area contributed by atoms with Crippen molar-refractivity contribution in [2.45, 2.75) is 18.9 Å².